The van der Waals surface area contributed by atoms with Gasteiger partial charge in [0, 0.05) is 5.69 Å². The first-order chi connectivity index (χ1) is 12.4. The fourth-order valence-electron chi connectivity index (χ4n) is 2.39. The van der Waals surface area contributed by atoms with Crippen LogP contribution in [0.5, 0.6) is 0 Å². The summed E-state index contributed by atoms with van der Waals surface area (Å²) in [5.74, 6) is -0.520. The second kappa shape index (κ2) is 7.70. The van der Waals surface area contributed by atoms with Gasteiger partial charge in [-0.3, -0.25) is 4.79 Å². The van der Waals surface area contributed by atoms with Gasteiger partial charge in [0.25, 0.3) is 11.1 Å². The van der Waals surface area contributed by atoms with Crippen LogP contribution in [0.2, 0.25) is 0 Å². The van der Waals surface area contributed by atoms with E-state index in [1.165, 1.54) is 6.07 Å². The van der Waals surface area contributed by atoms with Crippen LogP contribution in [-0.2, 0) is 4.79 Å². The zero-order valence-corrected chi connectivity index (χ0v) is 15.4. The minimum absolute atomic E-state index is 0.0904. The lowest BCUT2D eigenvalue weighted by molar-refractivity contribution is -0.115. The molecule has 1 heterocycles. The molecule has 1 aromatic heterocycles. The summed E-state index contributed by atoms with van der Waals surface area (Å²) in [4.78, 5) is 12.4. The smallest absolute Gasteiger partial charge is 0.277 e. The van der Waals surface area contributed by atoms with E-state index in [2.05, 4.69) is 15.5 Å². The summed E-state index contributed by atoms with van der Waals surface area (Å²) in [7, 11) is 0. The molecule has 0 fully saturated rings. The molecular weight excluding hydrogens is 353 g/mol. The van der Waals surface area contributed by atoms with E-state index < -0.39 is 11.1 Å². The van der Waals surface area contributed by atoms with Gasteiger partial charge >= 0.3 is 0 Å². The molecule has 5 nitrogen and oxygen atoms in total. The number of carbonyl (C=O) groups excluding carboxylic acids is 1. The SMILES string of the molecule is Cc1ccc(NC(=O)[C@@H](C)Sc2nnc(-c3ccccc3F)o2)c(C)c1. The Labute approximate surface area is 155 Å². The molecule has 1 amide bonds. The molecule has 0 aliphatic heterocycles. The molecule has 0 saturated carbocycles. The van der Waals surface area contributed by atoms with Crippen molar-refractivity contribution in [3.8, 4) is 11.5 Å². The summed E-state index contributed by atoms with van der Waals surface area (Å²) in [5, 5.41) is 10.4. The molecule has 1 N–H and O–H groups in total. The van der Waals surface area contributed by atoms with E-state index in [-0.39, 0.29) is 22.6 Å². The molecule has 0 bridgehead atoms. The van der Waals surface area contributed by atoms with Crippen LogP contribution in [0.3, 0.4) is 0 Å². The van der Waals surface area contributed by atoms with Crippen molar-refractivity contribution < 1.29 is 13.6 Å². The molecule has 26 heavy (non-hydrogen) atoms. The zero-order valence-electron chi connectivity index (χ0n) is 14.6. The van der Waals surface area contributed by atoms with Crippen molar-refractivity contribution in [2.24, 2.45) is 0 Å². The van der Waals surface area contributed by atoms with Crippen molar-refractivity contribution in [1.29, 1.82) is 0 Å². The Bertz CT molecular complexity index is 942. The molecule has 1 atom stereocenters. The van der Waals surface area contributed by atoms with E-state index in [1.807, 2.05) is 32.0 Å². The quantitative estimate of drug-likeness (QED) is 0.663. The molecule has 0 spiro atoms. The Balaban J connectivity index is 1.67. The van der Waals surface area contributed by atoms with Crippen LogP contribution >= 0.6 is 11.8 Å². The number of aryl methyl sites for hydroxylation is 2. The molecule has 134 valence electrons. The third kappa shape index (κ3) is 4.11. The van der Waals surface area contributed by atoms with Gasteiger partial charge in [-0.1, -0.05) is 41.6 Å². The number of rotatable bonds is 5. The van der Waals surface area contributed by atoms with Gasteiger partial charge in [0.2, 0.25) is 5.91 Å². The van der Waals surface area contributed by atoms with Crippen molar-refractivity contribution in [1.82, 2.24) is 10.2 Å². The van der Waals surface area contributed by atoms with Crippen molar-refractivity contribution in [3.63, 3.8) is 0 Å². The Morgan fingerprint density at radius 3 is 2.69 bits per heavy atom. The van der Waals surface area contributed by atoms with Gasteiger partial charge in [0.15, 0.2) is 0 Å². The van der Waals surface area contributed by atoms with Crippen LogP contribution in [0.15, 0.2) is 52.1 Å². The highest BCUT2D eigenvalue weighted by Gasteiger charge is 2.20. The number of carbonyl (C=O) groups is 1. The molecule has 3 rings (SSSR count). The largest absolute Gasteiger partial charge is 0.411 e. The molecule has 0 unspecified atom stereocenters. The van der Waals surface area contributed by atoms with E-state index >= 15 is 0 Å². The summed E-state index contributed by atoms with van der Waals surface area (Å²) >= 11 is 1.13. The van der Waals surface area contributed by atoms with Crippen LogP contribution < -0.4 is 5.32 Å². The van der Waals surface area contributed by atoms with Gasteiger partial charge in [-0.15, -0.1) is 10.2 Å². The molecule has 0 radical (unpaired) electrons. The van der Waals surface area contributed by atoms with Crippen molar-refractivity contribution in [2.45, 2.75) is 31.2 Å². The molecule has 3 aromatic rings. The van der Waals surface area contributed by atoms with Gasteiger partial charge in [0.05, 0.1) is 10.8 Å². The second-order valence-electron chi connectivity index (χ2n) is 5.92. The topological polar surface area (TPSA) is 68.0 Å². The van der Waals surface area contributed by atoms with E-state index in [4.69, 9.17) is 4.42 Å². The maximum Gasteiger partial charge on any atom is 0.277 e. The van der Waals surface area contributed by atoms with Crippen LogP contribution in [-0.4, -0.2) is 21.4 Å². The van der Waals surface area contributed by atoms with E-state index in [0.717, 1.165) is 28.6 Å². The lowest BCUT2D eigenvalue weighted by Gasteiger charge is -2.12. The van der Waals surface area contributed by atoms with E-state index in [0.29, 0.717) is 0 Å². The number of nitrogens with zero attached hydrogens (tertiary/aromatic N) is 2. The molecule has 2 aromatic carbocycles. The van der Waals surface area contributed by atoms with Crippen molar-refractivity contribution in [3.05, 3.63) is 59.4 Å². The number of hydrogen-bond acceptors (Lipinski definition) is 5. The van der Waals surface area contributed by atoms with Gasteiger partial charge in [-0.25, -0.2) is 4.39 Å². The summed E-state index contributed by atoms with van der Waals surface area (Å²) in [6, 6.07) is 12.0. The van der Waals surface area contributed by atoms with E-state index in [1.54, 1.807) is 25.1 Å². The Morgan fingerprint density at radius 2 is 1.96 bits per heavy atom. The number of thioether (sulfide) groups is 1. The molecule has 0 aliphatic carbocycles. The van der Waals surface area contributed by atoms with Gasteiger partial charge in [0.1, 0.15) is 5.82 Å². The molecule has 0 aliphatic rings. The third-order valence-corrected chi connectivity index (χ3v) is 4.73. The Morgan fingerprint density at radius 1 is 1.19 bits per heavy atom. The summed E-state index contributed by atoms with van der Waals surface area (Å²) in [6.45, 7) is 5.69. The highest BCUT2D eigenvalue weighted by molar-refractivity contribution is 8.00. The van der Waals surface area contributed by atoms with Gasteiger partial charge in [-0.05, 0) is 44.5 Å². The zero-order chi connectivity index (χ0) is 18.7. The highest BCUT2D eigenvalue weighted by Crippen LogP contribution is 2.28. The van der Waals surface area contributed by atoms with Gasteiger partial charge in [-0.2, -0.15) is 0 Å². The average Bonchev–Trinajstić information content (AvgIpc) is 3.06. The van der Waals surface area contributed by atoms with Crippen LogP contribution in [0.25, 0.3) is 11.5 Å². The third-order valence-electron chi connectivity index (χ3n) is 3.80. The predicted octanol–water partition coefficient (Wildman–Crippen LogP) is 4.61. The molecule has 0 saturated heterocycles. The monoisotopic (exact) mass is 371 g/mol. The van der Waals surface area contributed by atoms with E-state index in [9.17, 15) is 9.18 Å². The van der Waals surface area contributed by atoms with Crippen LogP contribution in [0, 0.1) is 19.7 Å². The number of benzene rings is 2. The molecular formula is C19H18FN3O2S. The number of halogens is 1. The first kappa shape index (κ1) is 18.1. The number of amides is 1. The summed E-state index contributed by atoms with van der Waals surface area (Å²) in [6.07, 6.45) is 0. The van der Waals surface area contributed by atoms with Crippen molar-refractivity contribution >= 4 is 23.4 Å². The lowest BCUT2D eigenvalue weighted by atomic mass is 10.1. The number of nitrogens with one attached hydrogen (secondary N) is 1. The van der Waals surface area contributed by atoms with Crippen LogP contribution in [0.4, 0.5) is 10.1 Å². The Hall–Kier alpha value is -2.67. The number of anilines is 1. The maximum absolute atomic E-state index is 13.8. The Kier molecular flexibility index (Phi) is 5.37. The minimum Gasteiger partial charge on any atom is -0.411 e. The first-order valence-electron chi connectivity index (χ1n) is 8.07. The fourth-order valence-corrected chi connectivity index (χ4v) is 3.08. The normalized spacial score (nSPS) is 12.0. The summed E-state index contributed by atoms with van der Waals surface area (Å²) < 4.78 is 19.3. The summed E-state index contributed by atoms with van der Waals surface area (Å²) in [5.41, 5.74) is 3.13. The predicted molar refractivity (Wildman–Crippen MR) is 99.6 cm³/mol. The maximum atomic E-state index is 13.8. The lowest BCUT2D eigenvalue weighted by Crippen LogP contribution is -2.22. The minimum atomic E-state index is -0.454. The highest BCUT2D eigenvalue weighted by atomic mass is 32.2. The molecule has 7 heteroatoms. The number of aromatic nitrogens is 2. The van der Waals surface area contributed by atoms with Crippen molar-refractivity contribution in [2.75, 3.05) is 5.32 Å². The fraction of sp³-hybridized carbons (Fsp3) is 0.211. The van der Waals surface area contributed by atoms with Crippen LogP contribution in [0.1, 0.15) is 18.1 Å². The first-order valence-corrected chi connectivity index (χ1v) is 8.95. The van der Waals surface area contributed by atoms with Gasteiger partial charge < -0.3 is 9.73 Å². The average molecular weight is 371 g/mol. The number of hydrogen-bond donors (Lipinski definition) is 1. The standard InChI is InChI=1S/C19H18FN3O2S/c1-11-8-9-16(12(2)10-11)21-17(24)13(3)26-19-23-22-18(25-19)14-6-4-5-7-15(14)20/h4-10,13H,1-3H3,(H,21,24)/t13-/m1/s1. The second-order valence-corrected chi connectivity index (χ2v) is 7.21.